The van der Waals surface area contributed by atoms with Crippen molar-refractivity contribution >= 4 is 5.78 Å². The van der Waals surface area contributed by atoms with Gasteiger partial charge in [-0.25, -0.2) is 0 Å². The Morgan fingerprint density at radius 3 is 2.60 bits per heavy atom. The topological polar surface area (TPSA) is 118 Å². The maximum Gasteiger partial charge on any atom is 0.159 e. The predicted molar refractivity (Wildman–Crippen MR) is 168 cm³/mol. The molecule has 244 valence electrons. The summed E-state index contributed by atoms with van der Waals surface area (Å²) in [6.07, 6.45) is 14.9. The number of rotatable bonds is 2. The van der Waals surface area contributed by atoms with Gasteiger partial charge in [0.05, 0.1) is 24.9 Å². The first kappa shape index (κ1) is 29.6. The van der Waals surface area contributed by atoms with Crippen LogP contribution < -0.4 is 0 Å². The fourth-order valence-corrected chi connectivity index (χ4v) is 15.9. The molecule has 10 aliphatic rings. The van der Waals surface area contributed by atoms with Crippen LogP contribution >= 0.6 is 0 Å². The quantitative estimate of drug-likeness (QED) is 0.231. The maximum absolute atomic E-state index is 15.2. The van der Waals surface area contributed by atoms with Crippen LogP contribution in [0, 0.1) is 73.4 Å². The Labute approximate surface area is 267 Å². The molecule has 0 aromatic rings. The molecule has 3 spiro atoms. The highest BCUT2D eigenvalue weighted by Crippen LogP contribution is 2.85. The second-order valence-corrected chi connectivity index (χ2v) is 18.1. The number of ketones is 1. The molecule has 0 radical (unpaired) electrons. The second-order valence-electron chi connectivity index (χ2n) is 18.1. The Hall–Kier alpha value is -1.49. The number of aliphatic hydroxyl groups excluding tert-OH is 5. The van der Waals surface area contributed by atoms with Crippen molar-refractivity contribution in [1.29, 1.82) is 0 Å². The van der Waals surface area contributed by atoms with Gasteiger partial charge in [-0.05, 0) is 124 Å². The Kier molecular flexibility index (Phi) is 5.89. The Morgan fingerprint density at radius 1 is 1.00 bits per heavy atom. The van der Waals surface area contributed by atoms with Gasteiger partial charge in [0, 0.05) is 34.0 Å². The van der Waals surface area contributed by atoms with E-state index in [9.17, 15) is 25.5 Å². The van der Waals surface area contributed by atoms with Gasteiger partial charge in [-0.2, -0.15) is 0 Å². The van der Waals surface area contributed by atoms with Gasteiger partial charge in [0.1, 0.15) is 6.10 Å². The van der Waals surface area contributed by atoms with E-state index in [1.165, 1.54) is 12.0 Å². The lowest BCUT2D eigenvalue weighted by molar-refractivity contribution is -0.290. The average molecular weight is 617 g/mol. The fraction of sp³-hybridized carbons (Fsp3) is 0.821. The fourth-order valence-electron chi connectivity index (χ4n) is 15.9. The highest BCUT2D eigenvalue weighted by atomic mass is 16.3. The minimum Gasteiger partial charge on any atom is -0.394 e. The first-order valence-corrected chi connectivity index (χ1v) is 18.2. The van der Waals surface area contributed by atoms with Crippen molar-refractivity contribution in [1.82, 2.24) is 0 Å². The number of fused-ring (bicyclic) bond motifs is 4. The third kappa shape index (κ3) is 2.96. The summed E-state index contributed by atoms with van der Waals surface area (Å²) in [4.78, 5) is 15.2. The second kappa shape index (κ2) is 8.94. The summed E-state index contributed by atoms with van der Waals surface area (Å²) in [6, 6.07) is 0. The van der Waals surface area contributed by atoms with E-state index >= 15 is 4.79 Å². The molecule has 6 nitrogen and oxygen atoms in total. The van der Waals surface area contributed by atoms with Crippen LogP contribution in [0.1, 0.15) is 104 Å². The minimum absolute atomic E-state index is 0.00994. The molecule has 10 rings (SSSR count). The maximum atomic E-state index is 15.2. The zero-order valence-corrected chi connectivity index (χ0v) is 27.1. The van der Waals surface area contributed by atoms with Gasteiger partial charge in [0.25, 0.3) is 0 Å². The van der Waals surface area contributed by atoms with Gasteiger partial charge in [0.2, 0.25) is 0 Å². The van der Waals surface area contributed by atoms with Gasteiger partial charge < -0.3 is 25.5 Å². The average Bonchev–Trinajstić information content (AvgIpc) is 3.20. The third-order valence-electron chi connectivity index (χ3n) is 17.6. The van der Waals surface area contributed by atoms with Crippen LogP contribution in [0.2, 0.25) is 0 Å². The van der Waals surface area contributed by atoms with Gasteiger partial charge >= 0.3 is 0 Å². The molecule has 0 aromatic carbocycles. The summed E-state index contributed by atoms with van der Waals surface area (Å²) in [5, 5.41) is 58.1. The lowest BCUT2D eigenvalue weighted by Crippen LogP contribution is -2.77. The zero-order valence-electron chi connectivity index (χ0n) is 27.1. The van der Waals surface area contributed by atoms with E-state index in [0.29, 0.717) is 25.2 Å². The van der Waals surface area contributed by atoms with Gasteiger partial charge in [-0.1, -0.05) is 37.5 Å². The zero-order chi connectivity index (χ0) is 31.4. The lowest BCUT2D eigenvalue weighted by Gasteiger charge is -2.79. The molecule has 0 saturated heterocycles. The van der Waals surface area contributed by atoms with E-state index in [2.05, 4.69) is 43.9 Å². The summed E-state index contributed by atoms with van der Waals surface area (Å²) in [6.45, 7) is 4.22. The molecular formula is C39H52O6. The van der Waals surface area contributed by atoms with E-state index in [1.807, 2.05) is 0 Å². The van der Waals surface area contributed by atoms with Crippen molar-refractivity contribution < 1.29 is 30.3 Å². The molecule has 0 heterocycles. The summed E-state index contributed by atoms with van der Waals surface area (Å²) < 4.78 is 0. The molecule has 5 N–H and O–H groups in total. The summed E-state index contributed by atoms with van der Waals surface area (Å²) >= 11 is 0. The molecule has 0 amide bonds. The largest absolute Gasteiger partial charge is 0.394 e. The summed E-state index contributed by atoms with van der Waals surface area (Å²) in [5.41, 5.74) is -1.90. The van der Waals surface area contributed by atoms with Crippen molar-refractivity contribution in [2.75, 3.05) is 6.61 Å². The van der Waals surface area contributed by atoms with E-state index in [1.54, 1.807) is 0 Å². The number of carbonyl (C=O) groups excluding carboxylic acids is 1. The molecule has 6 saturated carbocycles. The first-order valence-electron chi connectivity index (χ1n) is 18.2. The molecule has 6 heteroatoms. The van der Waals surface area contributed by atoms with Gasteiger partial charge in [0.15, 0.2) is 5.78 Å². The standard InChI is InChI=1S/C39H52O6/c1-33-13-10-26-34(2,24-6-5-12-37(26,29(43)18-24)31(45)21-40)32(33)25(41)19-27-36(33)15-9-23-8-14-35-11-4-3-7-28(42)38(17-16-35,30(44)20-36)39(23,27)22-35/h5-6,19,23-24,26,28-32,40,42-45H,4,8-18,20-22H2,1-2H3/t23-,24+,26-,28-,29-,30-,31+,32-,33+,34-,35+,36+,37-,38-,39-/m0/s1. The molecule has 15 atom stereocenters. The predicted octanol–water partition coefficient (Wildman–Crippen LogP) is 4.47. The van der Waals surface area contributed by atoms with Crippen molar-refractivity contribution in [2.45, 2.75) is 128 Å². The molecule has 0 unspecified atom stereocenters. The van der Waals surface area contributed by atoms with Crippen LogP contribution in [0.3, 0.4) is 0 Å². The SMILES string of the molecule is C[C@]12[C@@H]3C=CC[C@@]([C@H](O)CO)([C@@H](O)C3)[C@H]1CC[C@]1(C)[C@@H]2C(=O)C=C2[C@]13CC[C@@H]1CC[C@]45CCC#C[C@H](O)[C@@](CC4)([C@@H](O)C3)[C@]21C5. The minimum atomic E-state index is -1.06. The number of hydrogen-bond acceptors (Lipinski definition) is 6. The molecule has 0 aromatic heterocycles. The first-order chi connectivity index (χ1) is 21.4. The molecule has 6 bridgehead atoms. The molecule has 45 heavy (non-hydrogen) atoms. The molecule has 6 fully saturated rings. The lowest BCUT2D eigenvalue weighted by atomic mass is 9.24. The molecule has 10 aliphatic carbocycles. The van der Waals surface area contributed by atoms with Crippen LogP contribution in [0.15, 0.2) is 23.8 Å². The number of hydrogen-bond donors (Lipinski definition) is 5. The summed E-state index contributed by atoms with van der Waals surface area (Å²) in [5.74, 6) is 6.65. The Morgan fingerprint density at radius 2 is 1.80 bits per heavy atom. The van der Waals surface area contributed by atoms with Crippen LogP contribution in [-0.4, -0.2) is 62.3 Å². The Bertz CT molecular complexity index is 1470. The monoisotopic (exact) mass is 616 g/mol. The number of carbonyl (C=O) groups is 1. The van der Waals surface area contributed by atoms with E-state index in [0.717, 1.165) is 64.2 Å². The number of allylic oxidation sites excluding steroid dienone is 4. The van der Waals surface area contributed by atoms with Gasteiger partial charge in [-0.3, -0.25) is 4.79 Å². The molecule has 0 aliphatic heterocycles. The van der Waals surface area contributed by atoms with Crippen LogP contribution in [0.5, 0.6) is 0 Å². The van der Waals surface area contributed by atoms with E-state index in [4.69, 9.17) is 0 Å². The highest BCUT2D eigenvalue weighted by Gasteiger charge is 2.81. The van der Waals surface area contributed by atoms with Crippen molar-refractivity contribution in [3.05, 3.63) is 23.8 Å². The van der Waals surface area contributed by atoms with Crippen LogP contribution in [0.25, 0.3) is 0 Å². The number of aliphatic hydroxyl groups is 5. The Balaban J connectivity index is 1.28. The van der Waals surface area contributed by atoms with Crippen molar-refractivity contribution in [3.63, 3.8) is 0 Å². The smallest absolute Gasteiger partial charge is 0.159 e. The van der Waals surface area contributed by atoms with E-state index < -0.39 is 58.1 Å². The van der Waals surface area contributed by atoms with Crippen molar-refractivity contribution in [2.24, 2.45) is 61.6 Å². The normalized spacial score (nSPS) is 59.1. The van der Waals surface area contributed by atoms with E-state index in [-0.39, 0.29) is 34.4 Å². The highest BCUT2D eigenvalue weighted by molar-refractivity contribution is 5.96. The summed E-state index contributed by atoms with van der Waals surface area (Å²) in [7, 11) is 0. The van der Waals surface area contributed by atoms with Crippen molar-refractivity contribution in [3.8, 4) is 11.8 Å². The van der Waals surface area contributed by atoms with Crippen LogP contribution in [0.4, 0.5) is 0 Å². The molecular weight excluding hydrogens is 564 g/mol. The third-order valence-corrected chi connectivity index (χ3v) is 17.6. The van der Waals surface area contributed by atoms with Gasteiger partial charge in [-0.15, -0.1) is 5.92 Å². The van der Waals surface area contributed by atoms with Crippen LogP contribution in [-0.2, 0) is 4.79 Å².